The van der Waals surface area contributed by atoms with Gasteiger partial charge < -0.3 is 9.52 Å². The molecule has 3 rings (SSSR count). The standard InChI is InChI=1S/C12H8ClNO4/c13-8-1-5(2-9-11(8)18-4-14-9)10(15)6-3-7(6)12(16)17/h1-2,4,6-7H,3H2,(H,16,17)/t6-,7-/m0/s1. The van der Waals surface area contributed by atoms with Gasteiger partial charge in [-0.1, -0.05) is 11.6 Å². The van der Waals surface area contributed by atoms with E-state index in [1.54, 1.807) is 6.07 Å². The summed E-state index contributed by atoms with van der Waals surface area (Å²) in [5, 5.41) is 9.11. The van der Waals surface area contributed by atoms with Crippen LogP contribution in [0.15, 0.2) is 22.9 Å². The van der Waals surface area contributed by atoms with Crippen molar-refractivity contribution in [2.75, 3.05) is 0 Å². The number of hydrogen-bond donors (Lipinski definition) is 1. The molecule has 0 bridgehead atoms. The van der Waals surface area contributed by atoms with E-state index in [0.717, 1.165) is 0 Å². The third kappa shape index (κ3) is 1.67. The number of carboxylic acids is 1. The molecule has 1 heterocycles. The number of nitrogens with zero attached hydrogens (tertiary/aromatic N) is 1. The third-order valence-electron chi connectivity index (χ3n) is 3.12. The fourth-order valence-electron chi connectivity index (χ4n) is 2.04. The lowest BCUT2D eigenvalue weighted by molar-refractivity contribution is -0.138. The monoisotopic (exact) mass is 265 g/mol. The summed E-state index contributed by atoms with van der Waals surface area (Å²) in [6, 6.07) is 3.07. The smallest absolute Gasteiger partial charge is 0.307 e. The minimum atomic E-state index is -0.929. The van der Waals surface area contributed by atoms with Crippen LogP contribution in [0, 0.1) is 11.8 Å². The Labute approximate surface area is 106 Å². The van der Waals surface area contributed by atoms with Gasteiger partial charge in [0, 0.05) is 11.5 Å². The molecule has 92 valence electrons. The van der Waals surface area contributed by atoms with E-state index < -0.39 is 17.8 Å². The lowest BCUT2D eigenvalue weighted by Gasteiger charge is -2.00. The van der Waals surface area contributed by atoms with Crippen molar-refractivity contribution in [1.82, 2.24) is 4.98 Å². The molecule has 0 unspecified atom stereocenters. The van der Waals surface area contributed by atoms with E-state index in [9.17, 15) is 9.59 Å². The molecule has 5 nitrogen and oxygen atoms in total. The molecular formula is C12H8ClNO4. The molecule has 18 heavy (non-hydrogen) atoms. The summed E-state index contributed by atoms with van der Waals surface area (Å²) in [6.45, 7) is 0. The molecular weight excluding hydrogens is 258 g/mol. The van der Waals surface area contributed by atoms with Crippen molar-refractivity contribution in [2.24, 2.45) is 11.8 Å². The molecule has 0 amide bonds. The minimum Gasteiger partial charge on any atom is -0.481 e. The van der Waals surface area contributed by atoms with Crippen molar-refractivity contribution in [2.45, 2.75) is 6.42 Å². The summed E-state index contributed by atoms with van der Waals surface area (Å²) in [4.78, 5) is 26.7. The topological polar surface area (TPSA) is 80.4 Å². The predicted molar refractivity (Wildman–Crippen MR) is 62.6 cm³/mol. The first-order chi connectivity index (χ1) is 8.58. The third-order valence-corrected chi connectivity index (χ3v) is 3.40. The van der Waals surface area contributed by atoms with Crippen LogP contribution in [0.3, 0.4) is 0 Å². The molecule has 0 radical (unpaired) electrons. The highest BCUT2D eigenvalue weighted by molar-refractivity contribution is 6.35. The average molecular weight is 266 g/mol. The van der Waals surface area contributed by atoms with Gasteiger partial charge in [0.15, 0.2) is 17.8 Å². The van der Waals surface area contributed by atoms with Crippen LogP contribution in [-0.4, -0.2) is 21.8 Å². The molecule has 1 aromatic carbocycles. The fraction of sp³-hybridized carbons (Fsp3) is 0.250. The number of benzene rings is 1. The molecule has 0 aliphatic heterocycles. The second-order valence-corrected chi connectivity index (χ2v) is 4.72. The van der Waals surface area contributed by atoms with E-state index in [4.69, 9.17) is 21.1 Å². The summed E-state index contributed by atoms with van der Waals surface area (Å²) in [6.07, 6.45) is 1.64. The van der Waals surface area contributed by atoms with Crippen LogP contribution in [0.2, 0.25) is 5.02 Å². The van der Waals surface area contributed by atoms with Gasteiger partial charge >= 0.3 is 5.97 Å². The van der Waals surface area contributed by atoms with Crippen molar-refractivity contribution in [3.63, 3.8) is 0 Å². The quantitative estimate of drug-likeness (QED) is 0.862. The van der Waals surface area contributed by atoms with Crippen LogP contribution in [0.4, 0.5) is 0 Å². The van der Waals surface area contributed by atoms with Gasteiger partial charge in [0.2, 0.25) is 0 Å². The fourth-order valence-corrected chi connectivity index (χ4v) is 2.30. The lowest BCUT2D eigenvalue weighted by Crippen LogP contribution is -2.08. The molecule has 1 N–H and O–H groups in total. The summed E-state index contributed by atoms with van der Waals surface area (Å²) >= 11 is 5.97. The zero-order chi connectivity index (χ0) is 12.9. The molecule has 0 saturated heterocycles. The van der Waals surface area contributed by atoms with Gasteiger partial charge in [-0.05, 0) is 18.6 Å². The van der Waals surface area contributed by atoms with Gasteiger partial charge in [-0.3, -0.25) is 9.59 Å². The van der Waals surface area contributed by atoms with Crippen molar-refractivity contribution >= 4 is 34.5 Å². The first-order valence-electron chi connectivity index (χ1n) is 5.37. The highest BCUT2D eigenvalue weighted by Crippen LogP contribution is 2.41. The maximum atomic E-state index is 12.1. The van der Waals surface area contributed by atoms with Crippen molar-refractivity contribution in [3.05, 3.63) is 29.1 Å². The molecule has 2 aromatic rings. The normalized spacial score (nSPS) is 22.1. The van der Waals surface area contributed by atoms with Gasteiger partial charge in [0.05, 0.1) is 10.9 Å². The second kappa shape index (κ2) is 3.81. The Bertz CT molecular complexity index is 663. The number of carboxylic acid groups (broad SMARTS) is 1. The van der Waals surface area contributed by atoms with E-state index in [1.165, 1.54) is 12.5 Å². The van der Waals surface area contributed by atoms with E-state index in [2.05, 4.69) is 4.98 Å². The number of fused-ring (bicyclic) bond motifs is 1. The second-order valence-electron chi connectivity index (χ2n) is 4.31. The average Bonchev–Trinajstić information content (AvgIpc) is 2.99. The Balaban J connectivity index is 1.95. The largest absolute Gasteiger partial charge is 0.481 e. The Morgan fingerprint density at radius 1 is 1.39 bits per heavy atom. The van der Waals surface area contributed by atoms with Gasteiger partial charge in [0.25, 0.3) is 0 Å². The highest BCUT2D eigenvalue weighted by Gasteiger charge is 2.48. The number of Topliss-reactive ketones (excluding diaryl/α,β-unsaturated/α-hetero) is 1. The Morgan fingerprint density at radius 2 is 2.17 bits per heavy atom. The number of aromatic nitrogens is 1. The molecule has 6 heteroatoms. The predicted octanol–water partition coefficient (Wildman–Crippen LogP) is 2.38. The summed E-state index contributed by atoms with van der Waals surface area (Å²) in [7, 11) is 0. The van der Waals surface area contributed by atoms with Gasteiger partial charge in [-0.15, -0.1) is 0 Å². The molecule has 1 fully saturated rings. The molecule has 1 aliphatic rings. The maximum absolute atomic E-state index is 12.1. The van der Waals surface area contributed by atoms with Crippen LogP contribution in [-0.2, 0) is 4.79 Å². The van der Waals surface area contributed by atoms with E-state index in [0.29, 0.717) is 28.1 Å². The Kier molecular flexibility index (Phi) is 2.38. The van der Waals surface area contributed by atoms with Crippen LogP contribution in [0.25, 0.3) is 11.1 Å². The van der Waals surface area contributed by atoms with Crippen LogP contribution < -0.4 is 0 Å². The van der Waals surface area contributed by atoms with Crippen molar-refractivity contribution in [3.8, 4) is 0 Å². The number of rotatable bonds is 3. The zero-order valence-electron chi connectivity index (χ0n) is 9.09. The Morgan fingerprint density at radius 3 is 2.83 bits per heavy atom. The molecule has 0 spiro atoms. The highest BCUT2D eigenvalue weighted by atomic mass is 35.5. The number of carbonyl (C=O) groups excluding carboxylic acids is 1. The van der Waals surface area contributed by atoms with Crippen LogP contribution in [0.5, 0.6) is 0 Å². The Hall–Kier alpha value is -1.88. The number of carbonyl (C=O) groups is 2. The molecule has 1 aromatic heterocycles. The van der Waals surface area contributed by atoms with Crippen molar-refractivity contribution < 1.29 is 19.1 Å². The number of hydrogen-bond acceptors (Lipinski definition) is 4. The summed E-state index contributed by atoms with van der Waals surface area (Å²) in [5.41, 5.74) is 1.31. The SMILES string of the molecule is O=C(O)[C@H]1C[C@@H]1C(=O)c1cc(Cl)c2ocnc2c1. The summed E-state index contributed by atoms with van der Waals surface area (Å²) < 4.78 is 5.07. The number of aliphatic carboxylic acids is 1. The van der Waals surface area contributed by atoms with Crippen LogP contribution in [0.1, 0.15) is 16.8 Å². The maximum Gasteiger partial charge on any atom is 0.307 e. The van der Waals surface area contributed by atoms with Gasteiger partial charge in [-0.25, -0.2) is 4.98 Å². The van der Waals surface area contributed by atoms with E-state index in [1.807, 2.05) is 0 Å². The molecule has 2 atom stereocenters. The first kappa shape index (κ1) is 11.2. The van der Waals surface area contributed by atoms with E-state index in [-0.39, 0.29) is 5.78 Å². The number of oxazole rings is 1. The molecule has 1 aliphatic carbocycles. The first-order valence-corrected chi connectivity index (χ1v) is 5.75. The number of halogens is 1. The van der Waals surface area contributed by atoms with E-state index >= 15 is 0 Å². The lowest BCUT2D eigenvalue weighted by atomic mass is 10.1. The zero-order valence-corrected chi connectivity index (χ0v) is 9.85. The molecule has 1 saturated carbocycles. The van der Waals surface area contributed by atoms with Gasteiger partial charge in [0.1, 0.15) is 5.52 Å². The van der Waals surface area contributed by atoms with Crippen LogP contribution >= 0.6 is 11.6 Å². The minimum absolute atomic E-state index is 0.200. The number of ketones is 1. The summed E-state index contributed by atoms with van der Waals surface area (Å²) in [5.74, 6) is -2.14. The van der Waals surface area contributed by atoms with Crippen molar-refractivity contribution in [1.29, 1.82) is 0 Å². The van der Waals surface area contributed by atoms with Gasteiger partial charge in [-0.2, -0.15) is 0 Å².